The Balaban J connectivity index is 2.14. The van der Waals surface area contributed by atoms with E-state index in [1.165, 1.54) is 12.0 Å². The topological polar surface area (TPSA) is 76.1 Å². The number of nitrogens with zero attached hydrogens (tertiary/aromatic N) is 1. The number of esters is 1. The zero-order chi connectivity index (χ0) is 18.0. The number of benzene rings is 1. The minimum absolute atomic E-state index is 0.166. The van der Waals surface area contributed by atoms with Gasteiger partial charge in [0, 0.05) is 6.54 Å². The number of hydrogen-bond donors (Lipinski definition) is 1. The second-order valence-electron chi connectivity index (χ2n) is 7.11. The second-order valence-corrected chi connectivity index (χ2v) is 7.11. The first-order valence-electron chi connectivity index (χ1n) is 8.04. The van der Waals surface area contributed by atoms with Gasteiger partial charge in [0.05, 0.1) is 19.2 Å². The largest absolute Gasteiger partial charge is 0.465 e. The van der Waals surface area contributed by atoms with Crippen LogP contribution in [0.15, 0.2) is 24.3 Å². The molecule has 6 heteroatoms. The minimum atomic E-state index is -1.15. The SMILES string of the molecule is COC(=O)c1ccc([C@]2(O)CCCN(C(=O)OC(C)(C)C)C2)cc1. The molecule has 0 saturated carbocycles. The van der Waals surface area contributed by atoms with Crippen LogP contribution in [0.4, 0.5) is 4.79 Å². The zero-order valence-electron chi connectivity index (χ0n) is 14.7. The summed E-state index contributed by atoms with van der Waals surface area (Å²) in [5.74, 6) is -0.424. The molecule has 1 heterocycles. The first-order valence-corrected chi connectivity index (χ1v) is 8.04. The van der Waals surface area contributed by atoms with Gasteiger partial charge in [-0.05, 0) is 51.3 Å². The number of hydrogen-bond acceptors (Lipinski definition) is 5. The van der Waals surface area contributed by atoms with Crippen molar-refractivity contribution in [2.24, 2.45) is 0 Å². The van der Waals surface area contributed by atoms with Crippen LogP contribution in [-0.2, 0) is 15.1 Å². The number of piperidine rings is 1. The highest BCUT2D eigenvalue weighted by molar-refractivity contribution is 5.89. The Morgan fingerprint density at radius 3 is 2.38 bits per heavy atom. The van der Waals surface area contributed by atoms with Crippen molar-refractivity contribution in [3.8, 4) is 0 Å². The van der Waals surface area contributed by atoms with E-state index in [0.29, 0.717) is 30.5 Å². The fourth-order valence-corrected chi connectivity index (χ4v) is 2.79. The van der Waals surface area contributed by atoms with Crippen LogP contribution in [-0.4, -0.2) is 47.9 Å². The lowest BCUT2D eigenvalue weighted by atomic mass is 9.85. The average Bonchev–Trinajstić information content (AvgIpc) is 2.52. The number of rotatable bonds is 2. The Hall–Kier alpha value is -2.08. The Kier molecular flexibility index (Phi) is 5.18. The minimum Gasteiger partial charge on any atom is -0.465 e. The summed E-state index contributed by atoms with van der Waals surface area (Å²) in [4.78, 5) is 25.3. The lowest BCUT2D eigenvalue weighted by molar-refractivity contribution is -0.0465. The number of methoxy groups -OCH3 is 1. The maximum atomic E-state index is 12.2. The van der Waals surface area contributed by atoms with Gasteiger partial charge in [0.25, 0.3) is 0 Å². The van der Waals surface area contributed by atoms with Crippen molar-refractivity contribution in [1.82, 2.24) is 4.90 Å². The quantitative estimate of drug-likeness (QED) is 0.841. The van der Waals surface area contributed by atoms with E-state index >= 15 is 0 Å². The van der Waals surface area contributed by atoms with Crippen molar-refractivity contribution in [1.29, 1.82) is 0 Å². The number of β-amino-alcohol motifs (C(OH)–C–C–N with tert-alkyl or cyclic N) is 1. The number of carbonyl (C=O) groups is 2. The molecule has 0 aromatic heterocycles. The molecule has 132 valence electrons. The van der Waals surface area contributed by atoms with Crippen molar-refractivity contribution in [3.05, 3.63) is 35.4 Å². The predicted octanol–water partition coefficient (Wildman–Crippen LogP) is 2.69. The molecule has 0 spiro atoms. The van der Waals surface area contributed by atoms with Crippen LogP contribution < -0.4 is 0 Å². The number of amides is 1. The number of aliphatic hydroxyl groups is 1. The van der Waals surface area contributed by atoms with Gasteiger partial charge in [-0.3, -0.25) is 0 Å². The third kappa shape index (κ3) is 4.26. The maximum absolute atomic E-state index is 12.2. The first-order chi connectivity index (χ1) is 11.1. The summed E-state index contributed by atoms with van der Waals surface area (Å²) in [6.45, 7) is 6.16. The van der Waals surface area contributed by atoms with Gasteiger partial charge in [-0.1, -0.05) is 12.1 Å². The predicted molar refractivity (Wildman–Crippen MR) is 88.7 cm³/mol. The van der Waals surface area contributed by atoms with E-state index in [1.807, 2.05) is 20.8 Å². The van der Waals surface area contributed by atoms with E-state index in [0.717, 1.165) is 0 Å². The van der Waals surface area contributed by atoms with Gasteiger partial charge in [0.2, 0.25) is 0 Å². The van der Waals surface area contributed by atoms with Crippen molar-refractivity contribution in [3.63, 3.8) is 0 Å². The van der Waals surface area contributed by atoms with Gasteiger partial charge in [0.1, 0.15) is 11.2 Å². The molecule has 1 N–H and O–H groups in total. The standard InChI is InChI=1S/C18H25NO5/c1-17(2,3)24-16(21)19-11-5-10-18(22,12-19)14-8-6-13(7-9-14)15(20)23-4/h6-9,22H,5,10-12H2,1-4H3/t18-/m0/s1. The normalized spacial score (nSPS) is 21.3. The molecule has 1 atom stereocenters. The van der Waals surface area contributed by atoms with Gasteiger partial charge in [-0.15, -0.1) is 0 Å². The smallest absolute Gasteiger partial charge is 0.410 e. The van der Waals surface area contributed by atoms with Crippen LogP contribution in [0.2, 0.25) is 0 Å². The van der Waals surface area contributed by atoms with Crippen LogP contribution in [0.3, 0.4) is 0 Å². The van der Waals surface area contributed by atoms with Crippen LogP contribution in [0.5, 0.6) is 0 Å². The van der Waals surface area contributed by atoms with E-state index in [2.05, 4.69) is 4.74 Å². The third-order valence-corrected chi connectivity index (χ3v) is 3.97. The number of carbonyl (C=O) groups excluding carboxylic acids is 2. The van der Waals surface area contributed by atoms with Crippen LogP contribution in [0.1, 0.15) is 49.5 Å². The molecule has 1 aliphatic heterocycles. The van der Waals surface area contributed by atoms with E-state index in [1.54, 1.807) is 24.3 Å². The molecule has 0 radical (unpaired) electrons. The Morgan fingerprint density at radius 1 is 1.21 bits per heavy atom. The molecule has 0 aliphatic carbocycles. The van der Waals surface area contributed by atoms with Crippen LogP contribution in [0, 0.1) is 0 Å². The fourth-order valence-electron chi connectivity index (χ4n) is 2.79. The summed E-state index contributed by atoms with van der Waals surface area (Å²) in [5, 5.41) is 11.0. The van der Waals surface area contributed by atoms with Crippen molar-refractivity contribution in [2.75, 3.05) is 20.2 Å². The van der Waals surface area contributed by atoms with Crippen LogP contribution >= 0.6 is 0 Å². The zero-order valence-corrected chi connectivity index (χ0v) is 14.7. The molecule has 1 amide bonds. The summed E-state index contributed by atoms with van der Waals surface area (Å²) in [6.07, 6.45) is 0.796. The monoisotopic (exact) mass is 335 g/mol. The fraction of sp³-hybridized carbons (Fsp3) is 0.556. The highest BCUT2D eigenvalue weighted by Gasteiger charge is 2.38. The summed E-state index contributed by atoms with van der Waals surface area (Å²) in [5.41, 5.74) is -0.633. The summed E-state index contributed by atoms with van der Waals surface area (Å²) < 4.78 is 10.1. The van der Waals surface area contributed by atoms with E-state index in [9.17, 15) is 14.7 Å². The van der Waals surface area contributed by atoms with E-state index in [-0.39, 0.29) is 6.54 Å². The van der Waals surface area contributed by atoms with Crippen molar-refractivity contribution in [2.45, 2.75) is 44.8 Å². The first kappa shape index (κ1) is 18.3. The summed E-state index contributed by atoms with van der Waals surface area (Å²) in [6, 6.07) is 6.63. The highest BCUT2D eigenvalue weighted by Crippen LogP contribution is 2.32. The van der Waals surface area contributed by atoms with Gasteiger partial charge >= 0.3 is 12.1 Å². The van der Waals surface area contributed by atoms with Gasteiger partial charge < -0.3 is 19.5 Å². The summed E-state index contributed by atoms with van der Waals surface area (Å²) in [7, 11) is 1.32. The molecular formula is C18H25NO5. The van der Waals surface area contributed by atoms with Crippen molar-refractivity contribution < 1.29 is 24.2 Å². The molecule has 1 aliphatic rings. The molecule has 0 unspecified atom stereocenters. The Labute approximate surface area is 142 Å². The average molecular weight is 335 g/mol. The molecule has 2 rings (SSSR count). The molecule has 6 nitrogen and oxygen atoms in total. The molecule has 1 saturated heterocycles. The molecular weight excluding hydrogens is 310 g/mol. The molecule has 1 aromatic carbocycles. The molecule has 1 aromatic rings. The van der Waals surface area contributed by atoms with Crippen molar-refractivity contribution >= 4 is 12.1 Å². The summed E-state index contributed by atoms with van der Waals surface area (Å²) >= 11 is 0. The van der Waals surface area contributed by atoms with E-state index < -0.39 is 23.3 Å². The van der Waals surface area contributed by atoms with Crippen LogP contribution in [0.25, 0.3) is 0 Å². The molecule has 24 heavy (non-hydrogen) atoms. The Bertz CT molecular complexity index is 605. The molecule has 0 bridgehead atoms. The lowest BCUT2D eigenvalue weighted by Gasteiger charge is -2.40. The third-order valence-electron chi connectivity index (χ3n) is 3.97. The van der Waals surface area contributed by atoms with Gasteiger partial charge in [-0.2, -0.15) is 0 Å². The highest BCUT2D eigenvalue weighted by atomic mass is 16.6. The number of ether oxygens (including phenoxy) is 2. The Morgan fingerprint density at radius 2 is 1.83 bits per heavy atom. The van der Waals surface area contributed by atoms with E-state index in [4.69, 9.17) is 4.74 Å². The maximum Gasteiger partial charge on any atom is 0.410 e. The number of likely N-dealkylation sites (tertiary alicyclic amines) is 1. The van der Waals surface area contributed by atoms with Gasteiger partial charge in [0.15, 0.2) is 0 Å². The lowest BCUT2D eigenvalue weighted by Crippen LogP contribution is -2.49. The van der Waals surface area contributed by atoms with Gasteiger partial charge in [-0.25, -0.2) is 9.59 Å². The molecule has 1 fully saturated rings. The second kappa shape index (κ2) is 6.81.